The molecular weight excluding hydrogens is 368 g/mol. The van der Waals surface area contributed by atoms with Crippen LogP contribution in [0.5, 0.6) is 17.2 Å². The smallest absolute Gasteiger partial charge is 0.251 e. The molecule has 29 heavy (non-hydrogen) atoms. The van der Waals surface area contributed by atoms with Crippen LogP contribution in [0, 0.1) is 5.92 Å². The van der Waals surface area contributed by atoms with Crippen LogP contribution < -0.4 is 19.5 Å². The van der Waals surface area contributed by atoms with E-state index in [2.05, 4.69) is 24.1 Å². The van der Waals surface area contributed by atoms with Crippen molar-refractivity contribution in [2.24, 2.45) is 5.92 Å². The first-order valence-electron chi connectivity index (χ1n) is 9.75. The van der Waals surface area contributed by atoms with Crippen molar-refractivity contribution in [1.29, 1.82) is 0 Å². The lowest BCUT2D eigenvalue weighted by molar-refractivity contribution is 0.0942. The monoisotopic (exact) mass is 400 g/mol. The summed E-state index contributed by atoms with van der Waals surface area (Å²) in [5.41, 5.74) is 1.64. The van der Waals surface area contributed by atoms with E-state index >= 15 is 0 Å². The number of nitrogens with one attached hydrogen (secondary N) is 1. The van der Waals surface area contributed by atoms with Crippen LogP contribution in [-0.4, -0.2) is 52.3 Å². The van der Waals surface area contributed by atoms with Crippen molar-refractivity contribution in [2.75, 3.05) is 41.5 Å². The summed E-state index contributed by atoms with van der Waals surface area (Å²) in [6.07, 6.45) is 0. The molecule has 0 saturated heterocycles. The molecule has 158 valence electrons. The highest BCUT2D eigenvalue weighted by Crippen LogP contribution is 2.31. The van der Waals surface area contributed by atoms with E-state index < -0.39 is 0 Å². The Morgan fingerprint density at radius 1 is 1.00 bits per heavy atom. The van der Waals surface area contributed by atoms with Crippen LogP contribution >= 0.6 is 0 Å². The summed E-state index contributed by atoms with van der Waals surface area (Å²) in [4.78, 5) is 14.6. The van der Waals surface area contributed by atoms with Crippen LogP contribution in [-0.2, 0) is 0 Å². The van der Waals surface area contributed by atoms with E-state index in [-0.39, 0.29) is 11.9 Å². The fourth-order valence-electron chi connectivity index (χ4n) is 2.92. The predicted molar refractivity (Wildman–Crippen MR) is 115 cm³/mol. The van der Waals surface area contributed by atoms with Crippen molar-refractivity contribution in [2.45, 2.75) is 19.9 Å². The minimum Gasteiger partial charge on any atom is -0.493 e. The molecule has 0 saturated carbocycles. The molecule has 0 radical (unpaired) electrons. The summed E-state index contributed by atoms with van der Waals surface area (Å²) < 4.78 is 16.4. The Balaban J connectivity index is 2.04. The molecule has 0 unspecified atom stereocenters. The van der Waals surface area contributed by atoms with Gasteiger partial charge >= 0.3 is 0 Å². The van der Waals surface area contributed by atoms with E-state index in [9.17, 15) is 4.79 Å². The van der Waals surface area contributed by atoms with E-state index in [1.807, 2.05) is 44.4 Å². The lowest BCUT2D eigenvalue weighted by Crippen LogP contribution is -2.34. The topological polar surface area (TPSA) is 60.0 Å². The van der Waals surface area contributed by atoms with Crippen molar-refractivity contribution < 1.29 is 19.0 Å². The Labute approximate surface area is 173 Å². The molecule has 1 atom stereocenters. The van der Waals surface area contributed by atoms with Crippen molar-refractivity contribution in [3.63, 3.8) is 0 Å². The number of rotatable bonds is 10. The van der Waals surface area contributed by atoms with E-state index in [0.717, 1.165) is 11.3 Å². The molecule has 2 aromatic rings. The zero-order chi connectivity index (χ0) is 21.4. The minimum atomic E-state index is -0.118. The Hall–Kier alpha value is -2.73. The van der Waals surface area contributed by atoms with Gasteiger partial charge in [0.15, 0.2) is 11.5 Å². The van der Waals surface area contributed by atoms with Crippen LogP contribution in [0.25, 0.3) is 0 Å². The van der Waals surface area contributed by atoms with Gasteiger partial charge in [-0.2, -0.15) is 0 Å². The van der Waals surface area contributed by atoms with Gasteiger partial charge in [-0.05, 0) is 62.0 Å². The van der Waals surface area contributed by atoms with Gasteiger partial charge in [0.1, 0.15) is 5.75 Å². The van der Waals surface area contributed by atoms with Gasteiger partial charge in [0.25, 0.3) is 5.91 Å². The Morgan fingerprint density at radius 3 is 2.21 bits per heavy atom. The molecule has 0 aromatic heterocycles. The first-order chi connectivity index (χ1) is 13.8. The van der Waals surface area contributed by atoms with E-state index in [4.69, 9.17) is 14.2 Å². The summed E-state index contributed by atoms with van der Waals surface area (Å²) in [5.74, 6) is 2.45. The lowest BCUT2D eigenvalue weighted by Gasteiger charge is -2.26. The molecule has 2 rings (SSSR count). The van der Waals surface area contributed by atoms with E-state index in [1.165, 1.54) is 0 Å². The maximum atomic E-state index is 12.6. The van der Waals surface area contributed by atoms with Gasteiger partial charge in [-0.1, -0.05) is 19.9 Å². The number of carbonyl (C=O) groups is 1. The van der Waals surface area contributed by atoms with E-state index in [0.29, 0.717) is 36.1 Å². The molecule has 1 amide bonds. The van der Waals surface area contributed by atoms with Crippen LogP contribution in [0.4, 0.5) is 0 Å². The summed E-state index contributed by atoms with van der Waals surface area (Å²) in [6, 6.07) is 13.0. The number of benzene rings is 2. The number of hydrogen-bond acceptors (Lipinski definition) is 5. The fourth-order valence-corrected chi connectivity index (χ4v) is 2.92. The Bertz CT molecular complexity index is 788. The van der Waals surface area contributed by atoms with Crippen LogP contribution in [0.15, 0.2) is 42.5 Å². The van der Waals surface area contributed by atoms with Crippen molar-refractivity contribution in [3.05, 3.63) is 53.6 Å². The molecule has 0 aliphatic rings. The van der Waals surface area contributed by atoms with E-state index in [1.54, 1.807) is 26.4 Å². The molecule has 0 aliphatic heterocycles. The average molecular weight is 401 g/mol. The summed E-state index contributed by atoms with van der Waals surface area (Å²) >= 11 is 0. The fraction of sp³-hybridized carbons (Fsp3) is 0.435. The molecule has 0 bridgehead atoms. The molecule has 0 spiro atoms. The first kappa shape index (κ1) is 22.6. The van der Waals surface area contributed by atoms with Gasteiger partial charge in [0, 0.05) is 12.1 Å². The number of hydrogen-bond donors (Lipinski definition) is 1. The summed E-state index contributed by atoms with van der Waals surface area (Å²) in [5, 5.41) is 3.02. The van der Waals surface area contributed by atoms with Crippen LogP contribution in [0.1, 0.15) is 35.8 Å². The molecular formula is C23H32N2O4. The maximum Gasteiger partial charge on any atom is 0.251 e. The van der Waals surface area contributed by atoms with Gasteiger partial charge in [0.2, 0.25) is 0 Å². The zero-order valence-corrected chi connectivity index (χ0v) is 18.2. The van der Waals surface area contributed by atoms with Gasteiger partial charge in [-0.15, -0.1) is 0 Å². The normalized spacial score (nSPS) is 12.0. The highest BCUT2D eigenvalue weighted by atomic mass is 16.5. The van der Waals surface area contributed by atoms with Gasteiger partial charge < -0.3 is 24.4 Å². The standard InChI is InChI=1S/C23H32N2O4/c1-16(2)15-29-19-10-7-17(8-11-19)23(26)24-14-20(25(3)4)18-9-12-21(27-5)22(13-18)28-6/h7-13,16,20H,14-15H2,1-6H3,(H,24,26)/t20-/m0/s1. The minimum absolute atomic E-state index is 0.00703. The quantitative estimate of drug-likeness (QED) is 0.658. The largest absolute Gasteiger partial charge is 0.493 e. The number of nitrogens with zero attached hydrogens (tertiary/aromatic N) is 1. The molecule has 1 N–H and O–H groups in total. The van der Waals surface area contributed by atoms with Crippen LogP contribution in [0.2, 0.25) is 0 Å². The Morgan fingerprint density at radius 2 is 1.66 bits per heavy atom. The van der Waals surface area contributed by atoms with Crippen LogP contribution in [0.3, 0.4) is 0 Å². The third-order valence-corrected chi connectivity index (χ3v) is 4.57. The molecule has 2 aromatic carbocycles. The van der Waals surface area contributed by atoms with Crippen molar-refractivity contribution in [1.82, 2.24) is 10.2 Å². The second kappa shape index (κ2) is 10.7. The molecule has 6 heteroatoms. The number of methoxy groups -OCH3 is 2. The maximum absolute atomic E-state index is 12.6. The van der Waals surface area contributed by atoms with Crippen molar-refractivity contribution in [3.8, 4) is 17.2 Å². The molecule has 0 aliphatic carbocycles. The average Bonchev–Trinajstić information content (AvgIpc) is 2.72. The van der Waals surface area contributed by atoms with Crippen molar-refractivity contribution >= 4 is 5.91 Å². The van der Waals surface area contributed by atoms with Gasteiger partial charge in [-0.3, -0.25) is 4.79 Å². The molecule has 0 heterocycles. The summed E-state index contributed by atoms with van der Waals surface area (Å²) in [7, 11) is 7.19. The molecule has 0 fully saturated rings. The van der Waals surface area contributed by atoms with Gasteiger partial charge in [-0.25, -0.2) is 0 Å². The number of likely N-dealkylation sites (N-methyl/N-ethyl adjacent to an activating group) is 1. The SMILES string of the molecule is COc1ccc([C@H](CNC(=O)c2ccc(OCC(C)C)cc2)N(C)C)cc1OC. The second-order valence-corrected chi connectivity index (χ2v) is 7.53. The predicted octanol–water partition coefficient (Wildman–Crippen LogP) is 3.77. The number of amides is 1. The zero-order valence-electron chi connectivity index (χ0n) is 18.2. The Kier molecular flexibility index (Phi) is 8.34. The highest BCUT2D eigenvalue weighted by molar-refractivity contribution is 5.94. The lowest BCUT2D eigenvalue weighted by atomic mass is 10.0. The third kappa shape index (κ3) is 6.39. The second-order valence-electron chi connectivity index (χ2n) is 7.53. The number of carbonyl (C=O) groups excluding carboxylic acids is 1. The first-order valence-corrected chi connectivity index (χ1v) is 9.75. The highest BCUT2D eigenvalue weighted by Gasteiger charge is 2.18. The summed E-state index contributed by atoms with van der Waals surface area (Å²) in [6.45, 7) is 5.32. The van der Waals surface area contributed by atoms with Gasteiger partial charge in [0.05, 0.1) is 26.9 Å². The number of ether oxygens (including phenoxy) is 3. The molecule has 6 nitrogen and oxygen atoms in total. The third-order valence-electron chi connectivity index (χ3n) is 4.57.